The summed E-state index contributed by atoms with van der Waals surface area (Å²) in [5, 5.41) is 4.89. The summed E-state index contributed by atoms with van der Waals surface area (Å²) in [6.45, 7) is 1.88. The van der Waals surface area contributed by atoms with Crippen LogP contribution in [0.4, 0.5) is 4.39 Å². The molecule has 2 atom stereocenters. The van der Waals surface area contributed by atoms with Gasteiger partial charge in [0.25, 0.3) is 0 Å². The molecule has 0 saturated carbocycles. The molecule has 0 aliphatic heterocycles. The van der Waals surface area contributed by atoms with Gasteiger partial charge >= 0.3 is 0 Å². The quantitative estimate of drug-likeness (QED) is 0.397. The van der Waals surface area contributed by atoms with Crippen LogP contribution in [0.25, 0.3) is 0 Å². The van der Waals surface area contributed by atoms with Crippen molar-refractivity contribution in [2.24, 2.45) is 5.73 Å². The smallest absolute Gasteiger partial charge is 0.205 e. The zero-order valence-corrected chi connectivity index (χ0v) is 18.8. The minimum atomic E-state index is -3.37. The molecule has 32 heavy (non-hydrogen) atoms. The van der Waals surface area contributed by atoms with Gasteiger partial charge in [0.05, 0.1) is 5.54 Å². The predicted octanol–water partition coefficient (Wildman–Crippen LogP) is 4.94. The van der Waals surface area contributed by atoms with Crippen molar-refractivity contribution < 1.29 is 8.96 Å². The average Bonchev–Trinajstić information content (AvgIpc) is 2.84. The molecule has 162 valence electrons. The minimum absolute atomic E-state index is 0.338. The van der Waals surface area contributed by atoms with Crippen LogP contribution in [0.2, 0.25) is 0 Å². The fraction of sp³-hybridized carbons (Fsp3) is 0.111. The summed E-state index contributed by atoms with van der Waals surface area (Å²) in [4.78, 5) is 0. The highest BCUT2D eigenvalue weighted by Crippen LogP contribution is 2.47. The number of rotatable bonds is 7. The van der Waals surface area contributed by atoms with E-state index in [1.54, 1.807) is 12.1 Å². The summed E-state index contributed by atoms with van der Waals surface area (Å²) in [7, 11) is -3.37. The van der Waals surface area contributed by atoms with Gasteiger partial charge < -0.3 is 5.73 Å². The van der Waals surface area contributed by atoms with Crippen LogP contribution in [-0.2, 0) is 10.1 Å². The molecule has 0 aliphatic rings. The van der Waals surface area contributed by atoms with Gasteiger partial charge in [0, 0.05) is 16.7 Å². The van der Waals surface area contributed by atoms with Crippen LogP contribution in [0.3, 0.4) is 0 Å². The van der Waals surface area contributed by atoms with Gasteiger partial charge in [-0.3, -0.25) is 4.57 Å². The van der Waals surface area contributed by atoms with Crippen molar-refractivity contribution in [3.8, 4) is 0 Å². The Balaban J connectivity index is 2.00. The highest BCUT2D eigenvalue weighted by atomic mass is 31.2. The number of nitrogens with two attached hydrogens (primary N) is 1. The molecule has 0 fully saturated rings. The van der Waals surface area contributed by atoms with Crippen molar-refractivity contribution in [1.82, 2.24) is 5.09 Å². The molecular weight excluding hydrogens is 418 g/mol. The molecule has 4 aromatic carbocycles. The Kier molecular flexibility index (Phi) is 6.38. The van der Waals surface area contributed by atoms with E-state index in [1.807, 2.05) is 97.9 Å². The van der Waals surface area contributed by atoms with E-state index in [0.29, 0.717) is 10.6 Å². The maximum Gasteiger partial charge on any atom is 0.205 e. The van der Waals surface area contributed by atoms with Crippen molar-refractivity contribution >= 4 is 17.9 Å². The Labute approximate surface area is 188 Å². The van der Waals surface area contributed by atoms with E-state index >= 15 is 0 Å². The second-order valence-electron chi connectivity index (χ2n) is 7.86. The zero-order valence-electron chi connectivity index (χ0n) is 17.9. The first-order chi connectivity index (χ1) is 15.5. The van der Waals surface area contributed by atoms with Gasteiger partial charge in [0.2, 0.25) is 7.29 Å². The van der Waals surface area contributed by atoms with Crippen LogP contribution in [0.1, 0.15) is 18.1 Å². The van der Waals surface area contributed by atoms with Crippen molar-refractivity contribution in [1.29, 1.82) is 0 Å². The maximum atomic E-state index is 14.9. The van der Waals surface area contributed by atoms with Crippen LogP contribution in [0, 0.1) is 5.82 Å². The fourth-order valence-electron chi connectivity index (χ4n) is 4.14. The third-order valence-electron chi connectivity index (χ3n) is 5.79. The molecule has 0 spiro atoms. The van der Waals surface area contributed by atoms with Gasteiger partial charge in [-0.2, -0.15) is 0 Å². The van der Waals surface area contributed by atoms with E-state index in [1.165, 1.54) is 12.1 Å². The molecule has 0 heterocycles. The molecule has 0 bridgehead atoms. The summed E-state index contributed by atoms with van der Waals surface area (Å²) in [5.74, 6) is -0.338. The maximum absolute atomic E-state index is 14.9. The topological polar surface area (TPSA) is 55.1 Å². The molecule has 3 N–H and O–H groups in total. The van der Waals surface area contributed by atoms with Crippen LogP contribution in [0.15, 0.2) is 115 Å². The lowest BCUT2D eigenvalue weighted by Gasteiger charge is -2.42. The van der Waals surface area contributed by atoms with Crippen molar-refractivity contribution in [2.75, 3.05) is 0 Å². The molecule has 4 aromatic rings. The number of halogens is 1. The Bertz CT molecular complexity index is 1160. The van der Waals surface area contributed by atoms with Gasteiger partial charge in [-0.15, -0.1) is 0 Å². The Morgan fingerprint density at radius 3 is 1.56 bits per heavy atom. The molecule has 0 aliphatic carbocycles. The molecule has 4 rings (SSSR count). The molecular formula is C27H26FN2OP. The molecule has 0 radical (unpaired) electrons. The van der Waals surface area contributed by atoms with Crippen molar-refractivity contribution in [3.63, 3.8) is 0 Å². The number of hydrogen-bond donors (Lipinski definition) is 2. The molecule has 0 aromatic heterocycles. The third-order valence-corrected chi connectivity index (χ3v) is 8.50. The highest BCUT2D eigenvalue weighted by Gasteiger charge is 2.44. The van der Waals surface area contributed by atoms with E-state index in [-0.39, 0.29) is 5.82 Å². The third kappa shape index (κ3) is 4.05. The van der Waals surface area contributed by atoms with Crippen LogP contribution < -0.4 is 21.4 Å². The summed E-state index contributed by atoms with van der Waals surface area (Å²) >= 11 is 0. The van der Waals surface area contributed by atoms with Crippen molar-refractivity contribution in [3.05, 3.63) is 132 Å². The number of benzene rings is 4. The lowest BCUT2D eigenvalue weighted by atomic mass is 9.78. The molecule has 0 saturated heterocycles. The van der Waals surface area contributed by atoms with Crippen LogP contribution in [0.5, 0.6) is 0 Å². The second kappa shape index (κ2) is 9.22. The van der Waals surface area contributed by atoms with Crippen molar-refractivity contribution in [2.45, 2.75) is 18.5 Å². The zero-order chi connectivity index (χ0) is 22.6. The first-order valence-electron chi connectivity index (χ1n) is 10.5. The number of hydrogen-bond acceptors (Lipinski definition) is 2. The lowest BCUT2D eigenvalue weighted by molar-refractivity contribution is 0.400. The van der Waals surface area contributed by atoms with Crippen LogP contribution >= 0.6 is 7.29 Å². The first-order valence-corrected chi connectivity index (χ1v) is 12.3. The normalized spacial score (nSPS) is 14.5. The van der Waals surface area contributed by atoms with Gasteiger partial charge in [0.1, 0.15) is 5.82 Å². The standard InChI is InChI=1S/C27H26FN2OP/c1-21(29)27(22-11-5-2-6-12-22,23-17-19-24(28)20-18-23)30-32(31,25-13-7-3-8-14-25)26-15-9-4-10-16-26/h2-21H,29H2,1H3,(H,30,31)/t21-,27+/m0/s1. The summed E-state index contributed by atoms with van der Waals surface area (Å²) in [5.41, 5.74) is 7.23. The number of nitrogens with one attached hydrogen (secondary N) is 1. The van der Waals surface area contributed by atoms with Gasteiger partial charge in [0.15, 0.2) is 0 Å². The van der Waals surface area contributed by atoms with Gasteiger partial charge in [-0.25, -0.2) is 9.48 Å². The van der Waals surface area contributed by atoms with E-state index in [4.69, 9.17) is 5.73 Å². The SMILES string of the molecule is C[C@H](N)[C@@](NP(=O)(c1ccccc1)c1ccccc1)(c1ccccc1)c1ccc(F)cc1. The fourth-order valence-corrected chi connectivity index (χ4v) is 6.84. The Morgan fingerprint density at radius 1 is 0.719 bits per heavy atom. The summed E-state index contributed by atoms with van der Waals surface area (Å²) < 4.78 is 28.7. The predicted molar refractivity (Wildman–Crippen MR) is 130 cm³/mol. The van der Waals surface area contributed by atoms with Gasteiger partial charge in [-0.1, -0.05) is 78.9 Å². The Morgan fingerprint density at radius 2 is 1.12 bits per heavy atom. The minimum Gasteiger partial charge on any atom is -0.326 e. The Hall–Kier alpha value is -3.04. The van der Waals surface area contributed by atoms with E-state index < -0.39 is 18.9 Å². The second-order valence-corrected chi connectivity index (χ2v) is 10.3. The summed E-state index contributed by atoms with van der Waals surface area (Å²) in [6.07, 6.45) is 0. The molecule has 0 unspecified atom stereocenters. The lowest BCUT2D eigenvalue weighted by Crippen LogP contribution is -2.55. The van der Waals surface area contributed by atoms with Crippen LogP contribution in [-0.4, -0.2) is 6.04 Å². The average molecular weight is 444 g/mol. The van der Waals surface area contributed by atoms with Gasteiger partial charge in [-0.05, 0) is 54.4 Å². The molecule has 5 heteroatoms. The van der Waals surface area contributed by atoms with E-state index in [2.05, 4.69) is 5.09 Å². The summed E-state index contributed by atoms with van der Waals surface area (Å²) in [6, 6.07) is 34.2. The van der Waals surface area contributed by atoms with E-state index in [0.717, 1.165) is 11.1 Å². The first kappa shape index (κ1) is 22.2. The largest absolute Gasteiger partial charge is 0.326 e. The highest BCUT2D eigenvalue weighted by molar-refractivity contribution is 7.77. The van der Waals surface area contributed by atoms with E-state index in [9.17, 15) is 8.96 Å². The monoisotopic (exact) mass is 444 g/mol. The molecule has 3 nitrogen and oxygen atoms in total. The molecule has 0 amide bonds.